The molecule has 0 bridgehead atoms. The minimum Gasteiger partial charge on any atom is -0.396 e. The molecule has 0 heterocycles. The number of para-hydroxylation sites is 2. The van der Waals surface area contributed by atoms with Crippen LogP contribution in [-0.4, -0.2) is 24.2 Å². The van der Waals surface area contributed by atoms with Gasteiger partial charge in [-0.15, -0.1) is 12.4 Å². The number of hydrogen-bond donors (Lipinski definition) is 2. The molecule has 2 aliphatic rings. The summed E-state index contributed by atoms with van der Waals surface area (Å²) in [5.41, 5.74) is 4.87. The topological polar surface area (TPSA) is 61.7 Å². The SMILES string of the molecule is Cl.ClC1=C(C=Nc2ccccc2)CC/C1=C\Nc1ccccc1.O=CC1=C(Cl)C(CO)CC1. The van der Waals surface area contributed by atoms with Crippen LogP contribution >= 0.6 is 35.6 Å². The first kappa shape index (κ1) is 26.9. The van der Waals surface area contributed by atoms with Crippen LogP contribution in [0.15, 0.2) is 98.6 Å². The Kier molecular flexibility index (Phi) is 11.4. The normalized spacial score (nSPS) is 18.9. The quantitative estimate of drug-likeness (QED) is 0.323. The first-order valence-electron chi connectivity index (χ1n) is 10.6. The van der Waals surface area contributed by atoms with Gasteiger partial charge in [0.05, 0.1) is 12.3 Å². The fraction of sp³-hybridized carbons (Fsp3) is 0.231. The van der Waals surface area contributed by atoms with Crippen LogP contribution in [0.4, 0.5) is 11.4 Å². The van der Waals surface area contributed by atoms with E-state index in [1.165, 1.54) is 0 Å². The number of rotatable bonds is 6. The van der Waals surface area contributed by atoms with Gasteiger partial charge in [-0.25, -0.2) is 0 Å². The summed E-state index contributed by atoms with van der Waals surface area (Å²) in [7, 11) is 0. The number of halogens is 3. The minimum atomic E-state index is 0. The zero-order chi connectivity index (χ0) is 22.8. The van der Waals surface area contributed by atoms with Gasteiger partial charge in [-0.3, -0.25) is 9.79 Å². The van der Waals surface area contributed by atoms with Gasteiger partial charge in [0.25, 0.3) is 0 Å². The van der Waals surface area contributed by atoms with Crippen LogP contribution in [0.1, 0.15) is 25.7 Å². The fourth-order valence-corrected chi connectivity index (χ4v) is 4.06. The number of aldehydes is 1. The van der Waals surface area contributed by atoms with Gasteiger partial charge >= 0.3 is 0 Å². The number of aliphatic imine (C=N–C) groups is 1. The number of aliphatic hydroxyl groups excluding tert-OH is 1. The van der Waals surface area contributed by atoms with Crippen LogP contribution in [0.3, 0.4) is 0 Å². The number of nitrogens with one attached hydrogen (secondary N) is 1. The lowest BCUT2D eigenvalue weighted by atomic mass is 10.1. The largest absolute Gasteiger partial charge is 0.396 e. The zero-order valence-electron chi connectivity index (χ0n) is 18.1. The molecule has 0 saturated carbocycles. The van der Waals surface area contributed by atoms with E-state index in [1.54, 1.807) is 0 Å². The second-order valence-corrected chi connectivity index (χ2v) is 8.31. The van der Waals surface area contributed by atoms with Crippen molar-refractivity contribution < 1.29 is 9.90 Å². The van der Waals surface area contributed by atoms with Crippen molar-refractivity contribution in [2.45, 2.75) is 25.7 Å². The molecule has 0 radical (unpaired) electrons. The van der Waals surface area contributed by atoms with Gasteiger partial charge in [0.2, 0.25) is 0 Å². The summed E-state index contributed by atoms with van der Waals surface area (Å²) in [6.07, 6.45) is 8.03. The number of hydrogen-bond acceptors (Lipinski definition) is 4. The van der Waals surface area contributed by atoms with Crippen molar-refractivity contribution in [3.05, 3.63) is 93.6 Å². The Labute approximate surface area is 211 Å². The van der Waals surface area contributed by atoms with Crippen LogP contribution in [0.5, 0.6) is 0 Å². The second kappa shape index (κ2) is 14.0. The average molecular weight is 506 g/mol. The van der Waals surface area contributed by atoms with Crippen molar-refractivity contribution in [3.63, 3.8) is 0 Å². The van der Waals surface area contributed by atoms with Crippen molar-refractivity contribution in [1.29, 1.82) is 0 Å². The Morgan fingerprint density at radius 2 is 1.64 bits per heavy atom. The summed E-state index contributed by atoms with van der Waals surface area (Å²) in [5, 5.41) is 13.4. The predicted octanol–water partition coefficient (Wildman–Crippen LogP) is 7.17. The van der Waals surface area contributed by atoms with E-state index < -0.39 is 0 Å². The highest BCUT2D eigenvalue weighted by Crippen LogP contribution is 2.34. The maximum Gasteiger partial charge on any atom is 0.147 e. The number of allylic oxidation sites excluding steroid dienone is 4. The smallest absolute Gasteiger partial charge is 0.147 e. The first-order valence-corrected chi connectivity index (χ1v) is 11.3. The molecule has 0 fully saturated rings. The molecule has 2 N–H and O–H groups in total. The van der Waals surface area contributed by atoms with E-state index >= 15 is 0 Å². The molecule has 1 atom stereocenters. The summed E-state index contributed by atoms with van der Waals surface area (Å²) in [6.45, 7) is 0.0518. The molecule has 0 spiro atoms. The maximum absolute atomic E-state index is 10.3. The van der Waals surface area contributed by atoms with E-state index in [0.29, 0.717) is 17.0 Å². The van der Waals surface area contributed by atoms with Gasteiger partial charge in [-0.05, 0) is 61.1 Å². The predicted molar refractivity (Wildman–Crippen MR) is 141 cm³/mol. The van der Waals surface area contributed by atoms with Crippen LogP contribution in [0, 0.1) is 5.92 Å². The van der Waals surface area contributed by atoms with Crippen molar-refractivity contribution in [3.8, 4) is 0 Å². The van der Waals surface area contributed by atoms with Crippen molar-refractivity contribution in [2.75, 3.05) is 11.9 Å². The average Bonchev–Trinajstić information content (AvgIpc) is 3.39. The molecule has 2 aliphatic carbocycles. The van der Waals surface area contributed by atoms with E-state index in [-0.39, 0.29) is 24.9 Å². The molecule has 7 heteroatoms. The molecule has 0 aromatic heterocycles. The Morgan fingerprint density at radius 1 is 0.970 bits per heavy atom. The molecule has 2 aromatic carbocycles. The van der Waals surface area contributed by atoms with Crippen molar-refractivity contribution >= 4 is 59.5 Å². The second-order valence-electron chi connectivity index (χ2n) is 7.52. The number of carbonyl (C=O) groups is 1. The molecule has 33 heavy (non-hydrogen) atoms. The molecular weight excluding hydrogens is 479 g/mol. The molecule has 0 aliphatic heterocycles. The summed E-state index contributed by atoms with van der Waals surface area (Å²) in [6, 6.07) is 20.0. The van der Waals surface area contributed by atoms with E-state index in [4.69, 9.17) is 28.3 Å². The number of nitrogens with zero attached hydrogens (tertiary/aromatic N) is 1. The van der Waals surface area contributed by atoms with E-state index in [2.05, 4.69) is 10.3 Å². The van der Waals surface area contributed by atoms with Gasteiger partial charge in [0.1, 0.15) is 6.29 Å². The summed E-state index contributed by atoms with van der Waals surface area (Å²) in [5.74, 6) is 0.0156. The molecule has 4 nitrogen and oxygen atoms in total. The maximum atomic E-state index is 10.3. The van der Waals surface area contributed by atoms with Gasteiger partial charge in [0, 0.05) is 39.7 Å². The lowest BCUT2D eigenvalue weighted by Crippen LogP contribution is -2.00. The summed E-state index contributed by atoms with van der Waals surface area (Å²) in [4.78, 5) is 14.7. The Bertz CT molecular complexity index is 1030. The molecular formula is C26H27Cl3N2O2. The van der Waals surface area contributed by atoms with Gasteiger partial charge in [-0.1, -0.05) is 59.6 Å². The van der Waals surface area contributed by atoms with Crippen LogP contribution in [0.25, 0.3) is 0 Å². The highest BCUT2D eigenvalue weighted by Gasteiger charge is 2.22. The third-order valence-electron chi connectivity index (χ3n) is 5.33. The van der Waals surface area contributed by atoms with Crippen LogP contribution in [0.2, 0.25) is 0 Å². The van der Waals surface area contributed by atoms with Crippen LogP contribution < -0.4 is 5.32 Å². The molecule has 4 rings (SSSR count). The number of benzene rings is 2. The molecule has 174 valence electrons. The van der Waals surface area contributed by atoms with Gasteiger partial charge in [-0.2, -0.15) is 0 Å². The third-order valence-corrected chi connectivity index (χ3v) is 6.37. The van der Waals surface area contributed by atoms with Gasteiger partial charge in [0.15, 0.2) is 0 Å². The number of anilines is 1. The lowest BCUT2D eigenvalue weighted by Gasteiger charge is -2.02. The summed E-state index contributed by atoms with van der Waals surface area (Å²) >= 11 is 12.2. The number of aliphatic hydroxyl groups is 1. The minimum absolute atomic E-state index is 0. The Balaban J connectivity index is 0.000000297. The fourth-order valence-electron chi connectivity index (χ4n) is 3.45. The lowest BCUT2D eigenvalue weighted by molar-refractivity contribution is -0.105. The zero-order valence-corrected chi connectivity index (χ0v) is 20.4. The highest BCUT2D eigenvalue weighted by molar-refractivity contribution is 6.34. The van der Waals surface area contributed by atoms with Crippen molar-refractivity contribution in [1.82, 2.24) is 0 Å². The molecule has 1 unspecified atom stereocenters. The third kappa shape index (κ3) is 7.86. The standard InChI is InChI=1S/C19H17ClN2.C7H9ClO2.ClH/c20-19-15(13-21-17-7-3-1-4-8-17)11-12-16(19)14-22-18-9-5-2-6-10-18;8-7-5(3-9)1-2-6(7)4-10;/h1-10,13-14,21H,11-12H2;3,6,10H,1-2,4H2;1H/b15-13+,22-14?;;. The van der Waals surface area contributed by atoms with E-state index in [1.807, 2.05) is 73.1 Å². The molecule has 0 saturated heterocycles. The summed E-state index contributed by atoms with van der Waals surface area (Å²) < 4.78 is 0. The monoisotopic (exact) mass is 504 g/mol. The van der Waals surface area contributed by atoms with Crippen molar-refractivity contribution in [2.24, 2.45) is 10.9 Å². The first-order chi connectivity index (χ1) is 15.6. The number of carbonyl (C=O) groups excluding carboxylic acids is 1. The molecule has 2 aromatic rings. The highest BCUT2D eigenvalue weighted by atomic mass is 35.5. The van der Waals surface area contributed by atoms with Crippen LogP contribution in [-0.2, 0) is 4.79 Å². The Morgan fingerprint density at radius 3 is 2.21 bits per heavy atom. The van der Waals surface area contributed by atoms with E-state index in [0.717, 1.165) is 53.1 Å². The molecule has 0 amide bonds. The van der Waals surface area contributed by atoms with E-state index in [9.17, 15) is 4.79 Å². The van der Waals surface area contributed by atoms with Gasteiger partial charge < -0.3 is 10.4 Å². The Hall–Kier alpha value is -2.37.